The van der Waals surface area contributed by atoms with Gasteiger partial charge in [0, 0.05) is 0 Å². The zero-order valence-electron chi connectivity index (χ0n) is 21.9. The fourth-order valence-electron chi connectivity index (χ4n) is 4.48. The summed E-state index contributed by atoms with van der Waals surface area (Å²) in [4.78, 5) is 27.1. The SMILES string of the molecule is Br.CCCC(C)C1(CC)C(=O)N=C([O-])NC1=O.[Na+].c1ccc(P(c2ccccc2)c2ccccc2)cc1. The summed E-state index contributed by atoms with van der Waals surface area (Å²) in [5, 5.41) is 17.3. The smallest absolute Gasteiger partial charge is 0.846 e. The number of hydrogen-bond donors (Lipinski definition) is 1. The number of carbonyl (C=O) groups is 2. The molecule has 0 saturated carbocycles. The molecule has 0 spiro atoms. The number of amides is 2. The van der Waals surface area contributed by atoms with Gasteiger partial charge in [0.1, 0.15) is 5.41 Å². The first-order valence-electron chi connectivity index (χ1n) is 12.0. The van der Waals surface area contributed by atoms with E-state index in [2.05, 4.69) is 101 Å². The summed E-state index contributed by atoms with van der Waals surface area (Å²) >= 11 is 0. The molecular weight excluding hydrogens is 558 g/mol. The number of amidine groups is 1. The zero-order chi connectivity index (χ0) is 25.3. The summed E-state index contributed by atoms with van der Waals surface area (Å²) < 4.78 is 0. The molecule has 1 aliphatic rings. The number of aliphatic imine (C=N–C) groups is 1. The first kappa shape index (κ1) is 33.2. The Hall–Kier alpha value is -1.82. The second-order valence-corrected chi connectivity index (χ2v) is 10.8. The van der Waals surface area contributed by atoms with Crippen molar-refractivity contribution in [3.05, 3.63) is 91.0 Å². The Bertz CT molecular complexity index is 1060. The van der Waals surface area contributed by atoms with Crippen molar-refractivity contribution >= 4 is 58.7 Å². The van der Waals surface area contributed by atoms with Crippen molar-refractivity contribution < 1.29 is 44.3 Å². The maximum absolute atomic E-state index is 11.9. The van der Waals surface area contributed by atoms with Crippen molar-refractivity contribution in [1.29, 1.82) is 0 Å². The van der Waals surface area contributed by atoms with Crippen LogP contribution < -0.4 is 55.9 Å². The van der Waals surface area contributed by atoms with Crippen LogP contribution in [-0.2, 0) is 9.59 Å². The van der Waals surface area contributed by atoms with Crippen LogP contribution in [0.2, 0.25) is 0 Å². The first-order chi connectivity index (χ1) is 16.9. The van der Waals surface area contributed by atoms with Crippen molar-refractivity contribution in [2.24, 2.45) is 16.3 Å². The monoisotopic (exact) mass is 590 g/mol. The number of nitrogens with one attached hydrogen (secondary N) is 1. The second-order valence-electron chi connectivity index (χ2n) is 8.53. The number of rotatable bonds is 7. The minimum absolute atomic E-state index is 0. The van der Waals surface area contributed by atoms with E-state index in [9.17, 15) is 14.7 Å². The largest absolute Gasteiger partial charge is 1.00 e. The van der Waals surface area contributed by atoms with Crippen LogP contribution in [0.25, 0.3) is 0 Å². The van der Waals surface area contributed by atoms with Crippen molar-refractivity contribution in [3.8, 4) is 0 Å². The summed E-state index contributed by atoms with van der Waals surface area (Å²) in [7, 11) is -0.446. The fourth-order valence-corrected chi connectivity index (χ4v) is 6.78. The molecule has 2 amide bonds. The van der Waals surface area contributed by atoms with Gasteiger partial charge in [0.05, 0.1) is 6.02 Å². The summed E-state index contributed by atoms with van der Waals surface area (Å²) in [5.41, 5.74) is -1.15. The fraction of sp³-hybridized carbons (Fsp3) is 0.276. The molecule has 4 rings (SSSR count). The molecule has 0 radical (unpaired) electrons. The van der Waals surface area contributed by atoms with E-state index in [-0.39, 0.29) is 52.5 Å². The summed E-state index contributed by atoms with van der Waals surface area (Å²) in [6.45, 7) is 5.62. The van der Waals surface area contributed by atoms with Gasteiger partial charge in [0.15, 0.2) is 0 Å². The van der Waals surface area contributed by atoms with E-state index in [1.165, 1.54) is 15.9 Å². The van der Waals surface area contributed by atoms with Gasteiger partial charge >= 0.3 is 29.6 Å². The molecule has 5 nitrogen and oxygen atoms in total. The topological polar surface area (TPSA) is 81.6 Å². The van der Waals surface area contributed by atoms with E-state index in [1.807, 2.05) is 13.8 Å². The summed E-state index contributed by atoms with van der Waals surface area (Å²) in [5.74, 6) is -1.20. The van der Waals surface area contributed by atoms with E-state index in [0.717, 1.165) is 12.8 Å². The Morgan fingerprint density at radius 1 is 0.838 bits per heavy atom. The minimum atomic E-state index is -1.15. The normalized spacial score (nSPS) is 17.2. The molecule has 1 aliphatic heterocycles. The predicted molar refractivity (Wildman–Crippen MR) is 153 cm³/mol. The van der Waals surface area contributed by atoms with Crippen LogP contribution in [0.1, 0.15) is 40.0 Å². The average molecular weight is 591 g/mol. The van der Waals surface area contributed by atoms with Crippen molar-refractivity contribution in [2.45, 2.75) is 40.0 Å². The van der Waals surface area contributed by atoms with Crippen LogP contribution in [0, 0.1) is 11.3 Å². The summed E-state index contributed by atoms with van der Waals surface area (Å²) in [6, 6.07) is 31.5. The van der Waals surface area contributed by atoms with E-state index in [1.54, 1.807) is 6.92 Å². The van der Waals surface area contributed by atoms with Crippen LogP contribution in [0.3, 0.4) is 0 Å². The van der Waals surface area contributed by atoms with E-state index >= 15 is 0 Å². The quantitative estimate of drug-likeness (QED) is 0.255. The number of nitrogens with zero attached hydrogens (tertiary/aromatic N) is 1. The molecule has 2 atom stereocenters. The predicted octanol–water partition coefficient (Wildman–Crippen LogP) is 1.22. The molecule has 3 aromatic carbocycles. The molecule has 8 heteroatoms. The second kappa shape index (κ2) is 16.2. The molecule has 2 unspecified atom stereocenters. The molecule has 0 fully saturated rings. The van der Waals surface area contributed by atoms with E-state index in [0.29, 0.717) is 6.42 Å². The number of halogens is 1. The number of hydrogen-bond acceptors (Lipinski definition) is 3. The molecule has 1 heterocycles. The number of benzene rings is 3. The Morgan fingerprint density at radius 2 is 1.24 bits per heavy atom. The van der Waals surface area contributed by atoms with Crippen molar-refractivity contribution in [2.75, 3.05) is 0 Å². The molecule has 0 aromatic heterocycles. The van der Waals surface area contributed by atoms with Crippen LogP contribution in [-0.4, -0.2) is 17.8 Å². The van der Waals surface area contributed by atoms with Gasteiger partial charge in [-0.25, -0.2) is 4.99 Å². The number of carbonyl (C=O) groups excluding carboxylic acids is 2. The van der Waals surface area contributed by atoms with Crippen LogP contribution in [0.5, 0.6) is 0 Å². The van der Waals surface area contributed by atoms with E-state index in [4.69, 9.17) is 0 Å². The molecule has 0 bridgehead atoms. The molecule has 1 N–H and O–H groups in total. The molecule has 0 saturated heterocycles. The third-order valence-electron chi connectivity index (χ3n) is 6.37. The molecule has 0 aliphatic carbocycles. The minimum Gasteiger partial charge on any atom is -0.846 e. The van der Waals surface area contributed by atoms with Crippen LogP contribution >= 0.6 is 24.9 Å². The van der Waals surface area contributed by atoms with Gasteiger partial charge in [-0.15, -0.1) is 17.0 Å². The van der Waals surface area contributed by atoms with Crippen molar-refractivity contribution in [1.82, 2.24) is 5.32 Å². The molecule has 3 aromatic rings. The van der Waals surface area contributed by atoms with Gasteiger partial charge in [-0.1, -0.05) is 118 Å². The Labute approximate surface area is 254 Å². The van der Waals surface area contributed by atoms with Crippen LogP contribution in [0.4, 0.5) is 0 Å². The van der Waals surface area contributed by atoms with Gasteiger partial charge in [-0.2, -0.15) is 0 Å². The maximum Gasteiger partial charge on any atom is 1.00 e. The Kier molecular flexibility index (Phi) is 14.5. The summed E-state index contributed by atoms with van der Waals surface area (Å²) in [6.07, 6.45) is 2.02. The van der Waals surface area contributed by atoms with Gasteiger partial charge in [0.25, 0.3) is 5.91 Å². The van der Waals surface area contributed by atoms with Crippen molar-refractivity contribution in [3.63, 3.8) is 0 Å². The average Bonchev–Trinajstić information content (AvgIpc) is 2.87. The Morgan fingerprint density at radius 3 is 1.57 bits per heavy atom. The van der Waals surface area contributed by atoms with Gasteiger partial charge in [0.2, 0.25) is 5.91 Å². The standard InChI is InChI=1S/C18H15P.C11H18N2O3.BrH.Na/c1-4-10-16(11-5-1)19(17-12-6-2-7-13-17)18-14-8-3-9-15-18;1-4-6-7(3)11(5-2)8(14)12-10(16)13-9(11)15;;/h1-15H;7H,4-6H2,1-3H3,(H2,12,13,14,15,16);1H;/q;;;+1/p-1. The molecule has 37 heavy (non-hydrogen) atoms. The third kappa shape index (κ3) is 8.08. The van der Waals surface area contributed by atoms with Gasteiger partial charge in [-0.05, 0) is 42.6 Å². The molecule has 190 valence electrons. The third-order valence-corrected chi connectivity index (χ3v) is 8.82. The van der Waals surface area contributed by atoms with Crippen LogP contribution in [0.15, 0.2) is 96.0 Å². The molecular formula is C29H33BrN2NaO3P. The maximum atomic E-state index is 11.9. The first-order valence-corrected chi connectivity index (χ1v) is 13.3. The van der Waals surface area contributed by atoms with Gasteiger partial charge in [-0.3, -0.25) is 9.59 Å². The zero-order valence-corrected chi connectivity index (χ0v) is 26.5. The van der Waals surface area contributed by atoms with Gasteiger partial charge < -0.3 is 10.4 Å². The Balaban J connectivity index is 0.000000357. The van der Waals surface area contributed by atoms with E-state index < -0.39 is 31.2 Å².